The second-order valence-electron chi connectivity index (χ2n) is 3.87. The van der Waals surface area contributed by atoms with E-state index in [1.807, 2.05) is 13.8 Å². The van der Waals surface area contributed by atoms with Gasteiger partial charge in [0.25, 0.3) is 5.91 Å². The first-order valence-electron chi connectivity index (χ1n) is 5.29. The molecule has 0 aliphatic heterocycles. The van der Waals surface area contributed by atoms with Gasteiger partial charge >= 0.3 is 0 Å². The smallest absolute Gasteiger partial charge is 0.291 e. The minimum absolute atomic E-state index is 0.213. The Morgan fingerprint density at radius 3 is 2.88 bits per heavy atom. The molecule has 88 valence electrons. The predicted molar refractivity (Wildman–Crippen MR) is 62.7 cm³/mol. The molecule has 0 saturated heterocycles. The Balaban J connectivity index is 2.22. The lowest BCUT2D eigenvalue weighted by Gasteiger charge is -2.10. The maximum absolute atomic E-state index is 11.8. The molecule has 2 N–H and O–H groups in total. The highest BCUT2D eigenvalue weighted by atomic mass is 16.2. The van der Waals surface area contributed by atoms with Gasteiger partial charge in [-0.25, -0.2) is 15.0 Å². The van der Waals surface area contributed by atoms with E-state index >= 15 is 0 Å². The third-order valence-electron chi connectivity index (χ3n) is 2.25. The Labute approximate surface area is 98.5 Å². The molecule has 0 radical (unpaired) electrons. The Morgan fingerprint density at radius 2 is 2.24 bits per heavy atom. The lowest BCUT2D eigenvalue weighted by molar-refractivity contribution is 0.101. The predicted octanol–water partition coefficient (Wildman–Crippen LogP) is 1.58. The van der Waals surface area contributed by atoms with Crippen molar-refractivity contribution >= 4 is 11.6 Å². The van der Waals surface area contributed by atoms with Crippen molar-refractivity contribution in [3.05, 3.63) is 36.4 Å². The molecule has 17 heavy (non-hydrogen) atoms. The molecule has 2 aromatic heterocycles. The highest BCUT2D eigenvalue weighted by molar-refractivity contribution is 6.01. The van der Waals surface area contributed by atoms with E-state index in [1.54, 1.807) is 12.4 Å². The van der Waals surface area contributed by atoms with Gasteiger partial charge in [0.15, 0.2) is 5.82 Å². The quantitative estimate of drug-likeness (QED) is 0.839. The maximum Gasteiger partial charge on any atom is 0.291 e. The molecule has 6 heteroatoms. The largest absolute Gasteiger partial charge is 0.341 e. The van der Waals surface area contributed by atoms with Crippen LogP contribution in [0.25, 0.3) is 0 Å². The zero-order valence-electron chi connectivity index (χ0n) is 9.64. The number of hydrogen-bond acceptors (Lipinski definition) is 4. The average molecular weight is 231 g/mol. The third-order valence-corrected chi connectivity index (χ3v) is 2.25. The fourth-order valence-corrected chi connectivity index (χ4v) is 1.47. The zero-order chi connectivity index (χ0) is 12.3. The molecule has 6 nitrogen and oxygen atoms in total. The number of aromatic nitrogens is 4. The van der Waals surface area contributed by atoms with Crippen molar-refractivity contribution in [2.75, 3.05) is 5.32 Å². The van der Waals surface area contributed by atoms with Gasteiger partial charge in [-0.15, -0.1) is 0 Å². The summed E-state index contributed by atoms with van der Waals surface area (Å²) < 4.78 is 0. The lowest BCUT2D eigenvalue weighted by atomic mass is 10.1. The van der Waals surface area contributed by atoms with E-state index in [0.717, 1.165) is 5.69 Å². The van der Waals surface area contributed by atoms with E-state index < -0.39 is 0 Å². The van der Waals surface area contributed by atoms with Crippen molar-refractivity contribution in [3.63, 3.8) is 0 Å². The molecule has 0 unspecified atom stereocenters. The normalized spacial score (nSPS) is 10.5. The van der Waals surface area contributed by atoms with Gasteiger partial charge in [-0.2, -0.15) is 0 Å². The monoisotopic (exact) mass is 231 g/mol. The molecule has 0 aliphatic rings. The number of aromatic amines is 1. The van der Waals surface area contributed by atoms with E-state index in [2.05, 4.69) is 25.3 Å². The molecule has 1 amide bonds. The van der Waals surface area contributed by atoms with Crippen LogP contribution in [0.4, 0.5) is 5.69 Å². The molecule has 2 aromatic rings. The number of amides is 1. The summed E-state index contributed by atoms with van der Waals surface area (Å²) in [5.41, 5.74) is 1.42. The van der Waals surface area contributed by atoms with Crippen LogP contribution in [-0.4, -0.2) is 25.8 Å². The van der Waals surface area contributed by atoms with Crippen molar-refractivity contribution in [1.82, 2.24) is 19.9 Å². The second kappa shape index (κ2) is 4.73. The van der Waals surface area contributed by atoms with Gasteiger partial charge < -0.3 is 10.3 Å². The zero-order valence-corrected chi connectivity index (χ0v) is 9.64. The Morgan fingerprint density at radius 1 is 1.41 bits per heavy atom. The SMILES string of the molecule is CC(C)c1ncncc1NC(=O)c1ncc[nH]1. The summed E-state index contributed by atoms with van der Waals surface area (Å²) in [7, 11) is 0. The van der Waals surface area contributed by atoms with Crippen molar-refractivity contribution in [3.8, 4) is 0 Å². The Hall–Kier alpha value is -2.24. The third kappa shape index (κ3) is 2.47. The number of H-pyrrole nitrogens is 1. The summed E-state index contributed by atoms with van der Waals surface area (Å²) in [6.45, 7) is 4.01. The number of imidazole rings is 1. The van der Waals surface area contributed by atoms with Gasteiger partial charge in [0.05, 0.1) is 17.6 Å². The highest BCUT2D eigenvalue weighted by Crippen LogP contribution is 2.20. The molecule has 0 saturated carbocycles. The molecule has 0 fully saturated rings. The minimum atomic E-state index is -0.299. The summed E-state index contributed by atoms with van der Waals surface area (Å²) in [6, 6.07) is 0. The van der Waals surface area contributed by atoms with E-state index in [0.29, 0.717) is 5.69 Å². The number of nitrogens with zero attached hydrogens (tertiary/aromatic N) is 3. The number of carbonyl (C=O) groups excluding carboxylic acids is 1. The van der Waals surface area contributed by atoms with Crippen LogP contribution < -0.4 is 5.32 Å². The first-order valence-corrected chi connectivity index (χ1v) is 5.29. The number of nitrogens with one attached hydrogen (secondary N) is 2. The summed E-state index contributed by atoms with van der Waals surface area (Å²) in [6.07, 6.45) is 6.18. The average Bonchev–Trinajstić information content (AvgIpc) is 2.83. The van der Waals surface area contributed by atoms with Crippen LogP contribution in [0.5, 0.6) is 0 Å². The van der Waals surface area contributed by atoms with Crippen LogP contribution in [0.1, 0.15) is 36.1 Å². The van der Waals surface area contributed by atoms with E-state index in [1.165, 1.54) is 12.5 Å². The van der Waals surface area contributed by atoms with Gasteiger partial charge in [0, 0.05) is 12.4 Å². The molecule has 0 aromatic carbocycles. The second-order valence-corrected chi connectivity index (χ2v) is 3.87. The van der Waals surface area contributed by atoms with Crippen LogP contribution in [0, 0.1) is 0 Å². The summed E-state index contributed by atoms with van der Waals surface area (Å²) in [5, 5.41) is 2.74. The lowest BCUT2D eigenvalue weighted by Crippen LogP contribution is -2.16. The maximum atomic E-state index is 11.8. The van der Waals surface area contributed by atoms with Crippen LogP contribution >= 0.6 is 0 Å². The van der Waals surface area contributed by atoms with Crippen molar-refractivity contribution in [1.29, 1.82) is 0 Å². The fourth-order valence-electron chi connectivity index (χ4n) is 1.47. The van der Waals surface area contributed by atoms with Crippen molar-refractivity contribution in [2.45, 2.75) is 19.8 Å². The van der Waals surface area contributed by atoms with Crippen LogP contribution in [0.3, 0.4) is 0 Å². The first-order chi connectivity index (χ1) is 8.18. The van der Waals surface area contributed by atoms with E-state index in [9.17, 15) is 4.79 Å². The number of rotatable bonds is 3. The first kappa shape index (κ1) is 11.3. The summed E-state index contributed by atoms with van der Waals surface area (Å²) in [5.74, 6) is 0.181. The molecule has 0 spiro atoms. The van der Waals surface area contributed by atoms with E-state index in [4.69, 9.17) is 0 Å². The Kier molecular flexibility index (Phi) is 3.13. The number of hydrogen-bond donors (Lipinski definition) is 2. The molecular formula is C11H13N5O. The molecule has 0 bridgehead atoms. The number of carbonyl (C=O) groups is 1. The fraction of sp³-hybridized carbons (Fsp3) is 0.273. The van der Waals surface area contributed by atoms with Gasteiger partial charge in [-0.05, 0) is 5.92 Å². The minimum Gasteiger partial charge on any atom is -0.341 e. The molecular weight excluding hydrogens is 218 g/mol. The van der Waals surface area contributed by atoms with Crippen LogP contribution in [-0.2, 0) is 0 Å². The van der Waals surface area contributed by atoms with Gasteiger partial charge in [-0.1, -0.05) is 13.8 Å². The topological polar surface area (TPSA) is 83.6 Å². The number of anilines is 1. The van der Waals surface area contributed by atoms with Gasteiger partial charge in [-0.3, -0.25) is 4.79 Å². The standard InChI is InChI=1S/C11H13N5O/c1-7(2)9-8(5-12-6-15-9)16-11(17)10-13-3-4-14-10/h3-7H,1-2H3,(H,13,14)(H,16,17). The summed E-state index contributed by atoms with van der Waals surface area (Å²) >= 11 is 0. The molecule has 2 heterocycles. The highest BCUT2D eigenvalue weighted by Gasteiger charge is 2.13. The van der Waals surface area contributed by atoms with Crippen LogP contribution in [0.2, 0.25) is 0 Å². The van der Waals surface area contributed by atoms with Crippen molar-refractivity contribution in [2.24, 2.45) is 0 Å². The van der Waals surface area contributed by atoms with Crippen molar-refractivity contribution < 1.29 is 4.79 Å². The summed E-state index contributed by atoms with van der Waals surface area (Å²) in [4.78, 5) is 26.5. The van der Waals surface area contributed by atoms with Gasteiger partial charge in [0.2, 0.25) is 0 Å². The van der Waals surface area contributed by atoms with Crippen LogP contribution in [0.15, 0.2) is 24.9 Å². The Bertz CT molecular complexity index is 506. The molecule has 0 atom stereocenters. The molecule has 2 rings (SSSR count). The van der Waals surface area contributed by atoms with E-state index in [-0.39, 0.29) is 17.6 Å². The molecule has 0 aliphatic carbocycles. The van der Waals surface area contributed by atoms with Gasteiger partial charge in [0.1, 0.15) is 6.33 Å².